The summed E-state index contributed by atoms with van der Waals surface area (Å²) in [5.41, 5.74) is 1.88. The number of nitrogens with zero attached hydrogens (tertiary/aromatic N) is 3. The average molecular weight is 349 g/mol. The van der Waals surface area contributed by atoms with E-state index < -0.39 is 0 Å². The summed E-state index contributed by atoms with van der Waals surface area (Å²) in [5.74, 6) is 0.679. The van der Waals surface area contributed by atoms with Gasteiger partial charge in [0.2, 0.25) is 0 Å². The maximum atomic E-state index is 12.4. The van der Waals surface area contributed by atoms with E-state index in [1.807, 2.05) is 37.3 Å². The monoisotopic (exact) mass is 348 g/mol. The predicted molar refractivity (Wildman–Crippen MR) is 93.5 cm³/mol. The van der Waals surface area contributed by atoms with E-state index in [9.17, 15) is 4.79 Å². The first-order chi connectivity index (χ1) is 11.5. The lowest BCUT2D eigenvalue weighted by Crippen LogP contribution is -2.34. The molecule has 1 fully saturated rings. The van der Waals surface area contributed by atoms with E-state index in [-0.39, 0.29) is 12.1 Å². The van der Waals surface area contributed by atoms with Crippen LogP contribution < -0.4 is 5.32 Å². The summed E-state index contributed by atoms with van der Waals surface area (Å²) in [6.07, 6.45) is 0.985. The van der Waals surface area contributed by atoms with Crippen molar-refractivity contribution < 1.29 is 9.53 Å². The van der Waals surface area contributed by atoms with Gasteiger partial charge >= 0.3 is 6.03 Å². The van der Waals surface area contributed by atoms with Crippen molar-refractivity contribution in [3.05, 3.63) is 46.6 Å². The smallest absolute Gasteiger partial charge is 0.323 e. The van der Waals surface area contributed by atoms with Gasteiger partial charge in [-0.25, -0.2) is 9.48 Å². The summed E-state index contributed by atoms with van der Waals surface area (Å²) < 4.78 is 7.09. The van der Waals surface area contributed by atoms with Crippen molar-refractivity contribution in [2.24, 2.45) is 0 Å². The number of benzene rings is 1. The van der Waals surface area contributed by atoms with E-state index >= 15 is 0 Å². The molecule has 1 aliphatic heterocycles. The van der Waals surface area contributed by atoms with Gasteiger partial charge in [0.25, 0.3) is 0 Å². The van der Waals surface area contributed by atoms with Crippen molar-refractivity contribution in [2.75, 3.05) is 25.5 Å². The van der Waals surface area contributed by atoms with Crippen LogP contribution in [0.3, 0.4) is 0 Å². The highest BCUT2D eigenvalue weighted by atomic mass is 35.5. The molecule has 128 valence electrons. The third-order valence-corrected chi connectivity index (χ3v) is 4.36. The number of urea groups is 1. The maximum absolute atomic E-state index is 12.4. The molecule has 1 aliphatic rings. The van der Waals surface area contributed by atoms with Crippen LogP contribution in [0.15, 0.2) is 30.3 Å². The molecule has 1 N–H and O–H groups in total. The number of anilines is 1. The highest BCUT2D eigenvalue weighted by Gasteiger charge is 2.26. The minimum Gasteiger partial charge on any atom is -0.380 e. The Balaban J connectivity index is 1.71. The van der Waals surface area contributed by atoms with Crippen LogP contribution in [-0.4, -0.2) is 47.0 Å². The first-order valence-corrected chi connectivity index (χ1v) is 8.30. The fourth-order valence-electron chi connectivity index (χ4n) is 2.87. The van der Waals surface area contributed by atoms with Crippen LogP contribution >= 0.6 is 11.6 Å². The van der Waals surface area contributed by atoms with Gasteiger partial charge in [0, 0.05) is 31.3 Å². The third-order valence-electron chi connectivity index (χ3n) is 4.12. The zero-order valence-electron chi connectivity index (χ0n) is 13.8. The van der Waals surface area contributed by atoms with Gasteiger partial charge in [-0.2, -0.15) is 5.10 Å². The fourth-order valence-corrected chi connectivity index (χ4v) is 3.08. The molecular formula is C17H21ClN4O2. The Morgan fingerprint density at radius 3 is 3.00 bits per heavy atom. The summed E-state index contributed by atoms with van der Waals surface area (Å²) in [6, 6.07) is 9.36. The summed E-state index contributed by atoms with van der Waals surface area (Å²) >= 11 is 6.04. The molecule has 0 radical (unpaired) electrons. The largest absolute Gasteiger partial charge is 0.380 e. The van der Waals surface area contributed by atoms with E-state index in [2.05, 4.69) is 10.4 Å². The molecule has 1 saturated heterocycles. The molecule has 1 atom stereocenters. The van der Waals surface area contributed by atoms with E-state index in [1.165, 1.54) is 0 Å². The summed E-state index contributed by atoms with van der Waals surface area (Å²) in [4.78, 5) is 14.2. The molecule has 7 heteroatoms. The van der Waals surface area contributed by atoms with Gasteiger partial charge in [-0.15, -0.1) is 0 Å². The second-order valence-electron chi connectivity index (χ2n) is 5.98. The number of methoxy groups -OCH3 is 1. The third kappa shape index (κ3) is 3.88. The Labute approximate surface area is 146 Å². The molecule has 0 saturated carbocycles. The zero-order valence-corrected chi connectivity index (χ0v) is 14.6. The van der Waals surface area contributed by atoms with Gasteiger partial charge in [-0.05, 0) is 31.0 Å². The molecule has 2 heterocycles. The number of rotatable bonds is 4. The topological polar surface area (TPSA) is 59.4 Å². The Hall–Kier alpha value is -2.05. The van der Waals surface area contributed by atoms with Crippen molar-refractivity contribution >= 4 is 23.4 Å². The van der Waals surface area contributed by atoms with Gasteiger partial charge < -0.3 is 9.64 Å². The molecule has 2 aromatic rings. The van der Waals surface area contributed by atoms with Gasteiger partial charge in [0.15, 0.2) is 0 Å². The molecule has 24 heavy (non-hydrogen) atoms. The summed E-state index contributed by atoms with van der Waals surface area (Å²) in [5, 5.41) is 8.10. The normalized spacial score (nSPS) is 17.3. The number of ether oxygens (including phenoxy) is 1. The van der Waals surface area contributed by atoms with Crippen molar-refractivity contribution in [2.45, 2.75) is 26.0 Å². The van der Waals surface area contributed by atoms with Crippen LogP contribution in [0.4, 0.5) is 10.6 Å². The number of hydrogen-bond acceptors (Lipinski definition) is 3. The molecule has 0 spiro atoms. The number of hydrogen-bond donors (Lipinski definition) is 1. The predicted octanol–water partition coefficient (Wildman–Crippen LogP) is 3.15. The van der Waals surface area contributed by atoms with Gasteiger partial charge in [0.1, 0.15) is 5.82 Å². The van der Waals surface area contributed by atoms with Crippen molar-refractivity contribution in [3.63, 3.8) is 0 Å². The highest BCUT2D eigenvalue weighted by molar-refractivity contribution is 6.30. The number of carbonyl (C=O) groups is 1. The summed E-state index contributed by atoms with van der Waals surface area (Å²) in [7, 11) is 1.68. The number of carbonyl (C=O) groups excluding carboxylic acids is 1. The lowest BCUT2D eigenvalue weighted by Gasteiger charge is -2.17. The van der Waals surface area contributed by atoms with Crippen LogP contribution in [0, 0.1) is 6.92 Å². The van der Waals surface area contributed by atoms with Gasteiger partial charge in [-0.1, -0.05) is 23.7 Å². The fraction of sp³-hybridized carbons (Fsp3) is 0.412. The first kappa shape index (κ1) is 16.8. The molecule has 6 nitrogen and oxygen atoms in total. The second kappa shape index (κ2) is 7.23. The van der Waals surface area contributed by atoms with Crippen LogP contribution in [0.2, 0.25) is 5.02 Å². The Bertz CT molecular complexity index is 731. The van der Waals surface area contributed by atoms with E-state index in [0.29, 0.717) is 30.5 Å². The molecule has 2 amide bonds. The number of nitrogens with one attached hydrogen (secondary N) is 1. The lowest BCUT2D eigenvalue weighted by molar-refractivity contribution is 0.111. The first-order valence-electron chi connectivity index (χ1n) is 7.93. The number of likely N-dealkylation sites (tertiary alicyclic amines) is 1. The Kier molecular flexibility index (Phi) is 5.06. The number of aryl methyl sites for hydroxylation is 1. The SMILES string of the molecule is CO[C@@H]1CCN(C(=O)Nc2cc(C)nn2Cc2cccc(Cl)c2)C1. The molecule has 0 aliphatic carbocycles. The van der Waals surface area contributed by atoms with Crippen LogP contribution in [-0.2, 0) is 11.3 Å². The van der Waals surface area contributed by atoms with E-state index in [1.54, 1.807) is 16.7 Å². The van der Waals surface area contributed by atoms with Gasteiger partial charge in [0.05, 0.1) is 18.3 Å². The minimum atomic E-state index is -0.123. The number of halogens is 1. The number of aromatic nitrogens is 2. The zero-order chi connectivity index (χ0) is 17.1. The van der Waals surface area contributed by atoms with E-state index in [0.717, 1.165) is 17.7 Å². The minimum absolute atomic E-state index is 0.119. The lowest BCUT2D eigenvalue weighted by atomic mass is 10.2. The number of amides is 2. The average Bonchev–Trinajstić information content (AvgIpc) is 3.14. The van der Waals surface area contributed by atoms with Crippen molar-refractivity contribution in [1.29, 1.82) is 0 Å². The van der Waals surface area contributed by atoms with Crippen LogP contribution in [0.5, 0.6) is 0 Å². The molecule has 1 aromatic carbocycles. The molecular weight excluding hydrogens is 328 g/mol. The van der Waals surface area contributed by atoms with Crippen LogP contribution in [0.1, 0.15) is 17.7 Å². The van der Waals surface area contributed by atoms with Gasteiger partial charge in [-0.3, -0.25) is 5.32 Å². The highest BCUT2D eigenvalue weighted by Crippen LogP contribution is 2.18. The molecule has 0 bridgehead atoms. The van der Waals surface area contributed by atoms with Crippen LogP contribution in [0.25, 0.3) is 0 Å². The second-order valence-corrected chi connectivity index (χ2v) is 6.42. The standard InChI is InChI=1S/C17H21ClN4O2/c1-12-8-16(19-17(23)21-7-6-15(11-21)24-2)22(20-12)10-13-4-3-5-14(18)9-13/h3-5,8-9,15H,6-7,10-11H2,1-2H3,(H,19,23)/t15-/m1/s1. The Morgan fingerprint density at radius 2 is 2.29 bits per heavy atom. The quantitative estimate of drug-likeness (QED) is 0.923. The molecule has 3 rings (SSSR count). The van der Waals surface area contributed by atoms with Crippen molar-refractivity contribution in [3.8, 4) is 0 Å². The van der Waals surface area contributed by atoms with E-state index in [4.69, 9.17) is 16.3 Å². The molecule has 1 aromatic heterocycles. The summed E-state index contributed by atoms with van der Waals surface area (Å²) in [6.45, 7) is 3.77. The van der Waals surface area contributed by atoms with Crippen molar-refractivity contribution in [1.82, 2.24) is 14.7 Å². The Morgan fingerprint density at radius 1 is 1.46 bits per heavy atom. The maximum Gasteiger partial charge on any atom is 0.323 e. The molecule has 0 unspecified atom stereocenters.